The van der Waals surface area contributed by atoms with Gasteiger partial charge >= 0.3 is 5.97 Å². The van der Waals surface area contributed by atoms with Crippen LogP contribution in [0.15, 0.2) is 60.8 Å². The van der Waals surface area contributed by atoms with Crippen molar-refractivity contribution < 1.29 is 34.0 Å². The van der Waals surface area contributed by atoms with E-state index in [1.165, 1.54) is 6.08 Å². The van der Waals surface area contributed by atoms with Crippen molar-refractivity contribution in [3.63, 3.8) is 0 Å². The first-order chi connectivity index (χ1) is 17.0. The number of fused-ring (bicyclic) bond motifs is 3. The lowest BCUT2D eigenvalue weighted by atomic mass is 9.97. The zero-order valence-electron chi connectivity index (χ0n) is 20.2. The summed E-state index contributed by atoms with van der Waals surface area (Å²) in [5, 5.41) is 21.5. The molecule has 0 aliphatic carbocycles. The fraction of sp³-hybridized carbons (Fsp3) is 0.607. The highest BCUT2D eigenvalue weighted by atomic mass is 16.6. The molecule has 2 unspecified atom stereocenters. The third-order valence-corrected chi connectivity index (χ3v) is 6.87. The molecule has 7 heteroatoms. The van der Waals surface area contributed by atoms with Crippen molar-refractivity contribution in [2.45, 2.75) is 100 Å². The molecule has 8 atom stereocenters. The second-order valence-electron chi connectivity index (χ2n) is 9.82. The molecule has 7 nitrogen and oxygen atoms in total. The van der Waals surface area contributed by atoms with Crippen LogP contribution in [0.1, 0.15) is 51.4 Å². The second-order valence-corrected chi connectivity index (χ2v) is 9.82. The summed E-state index contributed by atoms with van der Waals surface area (Å²) in [7, 11) is 0. The fourth-order valence-electron chi connectivity index (χ4n) is 4.84. The molecule has 0 aromatic rings. The lowest BCUT2D eigenvalue weighted by Crippen LogP contribution is -2.32. The summed E-state index contributed by atoms with van der Waals surface area (Å²) in [6, 6.07) is 0. The minimum Gasteiger partial charge on any atom is -0.456 e. The van der Waals surface area contributed by atoms with Crippen LogP contribution in [-0.4, -0.2) is 71.6 Å². The average molecular weight is 487 g/mol. The van der Waals surface area contributed by atoms with Gasteiger partial charge in [-0.15, -0.1) is 0 Å². The summed E-state index contributed by atoms with van der Waals surface area (Å²) in [6.07, 6.45) is 17.2. The molecule has 0 aromatic carbocycles. The van der Waals surface area contributed by atoms with E-state index in [4.69, 9.17) is 18.9 Å². The Bertz CT molecular complexity index is 844. The molecule has 2 bridgehead atoms. The van der Waals surface area contributed by atoms with Gasteiger partial charge in [-0.25, -0.2) is 4.79 Å². The lowest BCUT2D eigenvalue weighted by Gasteiger charge is -2.25. The second kappa shape index (κ2) is 12.8. The summed E-state index contributed by atoms with van der Waals surface area (Å²) in [6.45, 7) is 4.67. The van der Waals surface area contributed by atoms with Crippen LogP contribution >= 0.6 is 0 Å². The van der Waals surface area contributed by atoms with Gasteiger partial charge < -0.3 is 29.2 Å². The van der Waals surface area contributed by atoms with Gasteiger partial charge in [-0.2, -0.15) is 0 Å². The van der Waals surface area contributed by atoms with Crippen molar-refractivity contribution in [1.29, 1.82) is 0 Å². The largest absolute Gasteiger partial charge is 0.456 e. The van der Waals surface area contributed by atoms with Gasteiger partial charge in [-0.05, 0) is 44.9 Å². The van der Waals surface area contributed by atoms with E-state index in [-0.39, 0.29) is 30.5 Å². The first-order valence-electron chi connectivity index (χ1n) is 12.8. The third-order valence-electron chi connectivity index (χ3n) is 6.87. The smallest absolute Gasteiger partial charge is 0.330 e. The average Bonchev–Trinajstić information content (AvgIpc) is 3.62. The summed E-state index contributed by atoms with van der Waals surface area (Å²) >= 11 is 0. The molecule has 1 fully saturated rings. The van der Waals surface area contributed by atoms with Crippen LogP contribution in [0.4, 0.5) is 0 Å². The Balaban J connectivity index is 1.42. The standard InChI is InChI=1S/C28H38O7/c1-19-7-4-9-21-10-5-11-22(33-21)12-6-13-27(31)34-25(18-26-28(35-26)24(30)17-19)23(29)15-14-20-8-2-3-16-32-20/h2-3,5-6,11,13-15,20-26,28-30H,1,4,7-10,12,16-18H2/b13-6-,15-14+/t20?,21-,22+,23+,24+,25?,26+,28+/m1/s1. The number of ether oxygens (including phenoxy) is 4. The van der Waals surface area contributed by atoms with Crippen LogP contribution in [0, 0.1) is 0 Å². The maximum atomic E-state index is 12.6. The van der Waals surface area contributed by atoms with E-state index in [0.717, 1.165) is 37.7 Å². The molecule has 4 aliphatic heterocycles. The molecule has 0 amide bonds. The topological polar surface area (TPSA) is 97.8 Å². The molecule has 4 rings (SSSR count). The third kappa shape index (κ3) is 8.26. The van der Waals surface area contributed by atoms with Crippen molar-refractivity contribution in [3.05, 3.63) is 60.8 Å². The molecule has 0 aromatic heterocycles. The molecule has 0 radical (unpaired) electrons. The van der Waals surface area contributed by atoms with Gasteiger partial charge in [0.1, 0.15) is 18.3 Å². The van der Waals surface area contributed by atoms with Crippen molar-refractivity contribution in [3.8, 4) is 0 Å². The molecule has 4 heterocycles. The molecule has 0 spiro atoms. The predicted octanol–water partition coefficient (Wildman–Crippen LogP) is 3.47. The van der Waals surface area contributed by atoms with Crippen molar-refractivity contribution >= 4 is 5.97 Å². The van der Waals surface area contributed by atoms with E-state index in [1.807, 2.05) is 18.2 Å². The molecule has 4 aliphatic rings. The minimum atomic E-state index is -1.02. The number of esters is 1. The Labute approximate surface area is 207 Å². The lowest BCUT2D eigenvalue weighted by molar-refractivity contribution is -0.148. The number of carbonyl (C=O) groups excluding carboxylic acids is 1. The number of hydrogen-bond donors (Lipinski definition) is 2. The Morgan fingerprint density at radius 1 is 1.11 bits per heavy atom. The SMILES string of the molecule is C=C1CCC[C@@H]2CC=C[C@@H](C/C=C\C(=O)OC([C@@H](O)/C=C/C3CC=CCO3)C[C@@H]3O[C@H]3[C@@H](O)C1)O2. The molecule has 192 valence electrons. The van der Waals surface area contributed by atoms with Gasteiger partial charge in [0.2, 0.25) is 0 Å². The number of carbonyl (C=O) groups is 1. The Kier molecular flexibility index (Phi) is 9.52. The van der Waals surface area contributed by atoms with Gasteiger partial charge in [0.25, 0.3) is 0 Å². The summed E-state index contributed by atoms with van der Waals surface area (Å²) < 4.78 is 23.1. The van der Waals surface area contributed by atoms with Crippen LogP contribution < -0.4 is 0 Å². The highest BCUT2D eigenvalue weighted by Gasteiger charge is 2.46. The maximum absolute atomic E-state index is 12.6. The normalized spacial score (nSPS) is 38.7. The number of rotatable bonds is 3. The van der Waals surface area contributed by atoms with Crippen LogP contribution in [0.3, 0.4) is 0 Å². The van der Waals surface area contributed by atoms with Gasteiger partial charge in [0.05, 0.1) is 37.1 Å². The molecule has 0 saturated carbocycles. The molecule has 35 heavy (non-hydrogen) atoms. The number of epoxide rings is 1. The highest BCUT2D eigenvalue weighted by molar-refractivity contribution is 5.82. The van der Waals surface area contributed by atoms with Crippen LogP contribution in [0.2, 0.25) is 0 Å². The van der Waals surface area contributed by atoms with E-state index in [9.17, 15) is 15.0 Å². The molecule has 1 saturated heterocycles. The minimum absolute atomic E-state index is 0.0730. The Hall–Kier alpha value is -2.03. The summed E-state index contributed by atoms with van der Waals surface area (Å²) in [4.78, 5) is 12.6. The predicted molar refractivity (Wildman–Crippen MR) is 132 cm³/mol. The van der Waals surface area contributed by atoms with E-state index in [1.54, 1.807) is 18.2 Å². The zero-order chi connectivity index (χ0) is 24.6. The van der Waals surface area contributed by atoms with Crippen LogP contribution in [0.25, 0.3) is 0 Å². The first kappa shape index (κ1) is 26.0. The zero-order valence-corrected chi connectivity index (χ0v) is 20.2. The number of aliphatic hydroxyl groups is 2. The van der Waals surface area contributed by atoms with E-state index < -0.39 is 24.3 Å². The molecular formula is C28H38O7. The highest BCUT2D eigenvalue weighted by Crippen LogP contribution is 2.34. The Morgan fingerprint density at radius 2 is 2.00 bits per heavy atom. The first-order valence-corrected chi connectivity index (χ1v) is 12.8. The maximum Gasteiger partial charge on any atom is 0.330 e. The van der Waals surface area contributed by atoms with Gasteiger partial charge in [0.15, 0.2) is 0 Å². The molecular weight excluding hydrogens is 448 g/mol. The Morgan fingerprint density at radius 3 is 2.83 bits per heavy atom. The van der Waals surface area contributed by atoms with Crippen LogP contribution in [-0.2, 0) is 23.7 Å². The number of hydrogen-bond acceptors (Lipinski definition) is 7. The fourth-order valence-corrected chi connectivity index (χ4v) is 4.84. The van der Waals surface area contributed by atoms with Gasteiger partial charge in [-0.1, -0.05) is 54.7 Å². The molecule has 2 N–H and O–H groups in total. The number of aliphatic hydroxyl groups excluding tert-OH is 2. The van der Waals surface area contributed by atoms with E-state index in [0.29, 0.717) is 25.9 Å². The van der Waals surface area contributed by atoms with Gasteiger partial charge in [0, 0.05) is 12.5 Å². The van der Waals surface area contributed by atoms with Crippen molar-refractivity contribution in [2.24, 2.45) is 0 Å². The van der Waals surface area contributed by atoms with Crippen molar-refractivity contribution in [2.75, 3.05) is 6.61 Å². The van der Waals surface area contributed by atoms with Gasteiger partial charge in [-0.3, -0.25) is 0 Å². The van der Waals surface area contributed by atoms with E-state index in [2.05, 4.69) is 12.7 Å². The van der Waals surface area contributed by atoms with Crippen molar-refractivity contribution in [1.82, 2.24) is 0 Å². The van der Waals surface area contributed by atoms with Crippen LogP contribution in [0.5, 0.6) is 0 Å². The summed E-state index contributed by atoms with van der Waals surface area (Å²) in [5.74, 6) is -0.525. The van der Waals surface area contributed by atoms with E-state index >= 15 is 0 Å². The number of cyclic esters (lactones) is 1. The monoisotopic (exact) mass is 486 g/mol. The quantitative estimate of drug-likeness (QED) is 0.358. The summed E-state index contributed by atoms with van der Waals surface area (Å²) in [5.41, 5.74) is 0.992.